The van der Waals surface area contributed by atoms with Crippen LogP contribution >= 0.6 is 27.7 Å². The third-order valence-electron chi connectivity index (χ3n) is 5.57. The smallest absolute Gasteiger partial charge is 0.220 e. The van der Waals surface area contributed by atoms with Crippen molar-refractivity contribution in [1.82, 2.24) is 14.8 Å². The maximum atomic E-state index is 13.2. The summed E-state index contributed by atoms with van der Waals surface area (Å²) in [4.78, 5) is 11.3. The molecule has 1 aromatic heterocycles. The molecular weight excluding hydrogens is 563 g/mol. The van der Waals surface area contributed by atoms with Crippen molar-refractivity contribution in [3.63, 3.8) is 0 Å². The van der Waals surface area contributed by atoms with Crippen molar-refractivity contribution in [2.45, 2.75) is 30.9 Å². The number of hydrogen-bond donors (Lipinski definition) is 0. The van der Waals surface area contributed by atoms with Crippen LogP contribution in [0.5, 0.6) is 11.5 Å². The van der Waals surface area contributed by atoms with Crippen molar-refractivity contribution in [3.05, 3.63) is 104 Å². The monoisotopic (exact) mass is 586 g/mol. The number of benzene rings is 3. The van der Waals surface area contributed by atoms with Gasteiger partial charge in [-0.25, -0.2) is 4.39 Å². The van der Waals surface area contributed by atoms with Gasteiger partial charge in [0, 0.05) is 10.6 Å². The van der Waals surface area contributed by atoms with Crippen molar-refractivity contribution >= 4 is 27.7 Å². The number of thioether (sulfide) groups is 1. The lowest BCUT2D eigenvalue weighted by molar-refractivity contribution is -0.479. The Kier molecular flexibility index (Phi) is 8.45. The lowest BCUT2D eigenvalue weighted by Crippen LogP contribution is -2.12. The average Bonchev–Trinajstić information content (AvgIpc) is 3.23. The third kappa shape index (κ3) is 6.47. The molecule has 0 aliphatic heterocycles. The summed E-state index contributed by atoms with van der Waals surface area (Å²) in [5, 5.41) is 20.1. The van der Waals surface area contributed by atoms with E-state index < -0.39 is 5.25 Å². The minimum atomic E-state index is -0.584. The van der Waals surface area contributed by atoms with Gasteiger partial charge in [0.2, 0.25) is 6.54 Å². The van der Waals surface area contributed by atoms with E-state index in [-0.39, 0.29) is 23.9 Å². The molecule has 1 atom stereocenters. The molecule has 192 valence electrons. The zero-order valence-electron chi connectivity index (χ0n) is 20.4. The van der Waals surface area contributed by atoms with E-state index in [1.807, 2.05) is 42.7 Å². The van der Waals surface area contributed by atoms with E-state index >= 15 is 0 Å². The number of methoxy groups -OCH3 is 1. The number of rotatable bonds is 10. The molecule has 37 heavy (non-hydrogen) atoms. The second-order valence-electron chi connectivity index (χ2n) is 8.27. The van der Waals surface area contributed by atoms with Gasteiger partial charge in [0.25, 0.3) is 0 Å². The van der Waals surface area contributed by atoms with E-state index in [0.29, 0.717) is 32.5 Å². The van der Waals surface area contributed by atoms with Crippen LogP contribution in [-0.4, -0.2) is 33.3 Å². The predicted molar refractivity (Wildman–Crippen MR) is 143 cm³/mol. The number of halogens is 2. The quantitative estimate of drug-likeness (QED) is 0.119. The first-order valence-corrected chi connectivity index (χ1v) is 12.9. The van der Waals surface area contributed by atoms with Crippen LogP contribution in [-0.2, 0) is 6.61 Å². The Morgan fingerprint density at radius 2 is 1.81 bits per heavy atom. The van der Waals surface area contributed by atoms with Gasteiger partial charge >= 0.3 is 0 Å². The van der Waals surface area contributed by atoms with Gasteiger partial charge in [-0.2, -0.15) is 0 Å². The first-order valence-electron chi connectivity index (χ1n) is 11.3. The first-order chi connectivity index (χ1) is 17.7. The molecule has 0 N–H and O–H groups in total. The van der Waals surface area contributed by atoms with E-state index in [2.05, 4.69) is 26.1 Å². The lowest BCUT2D eigenvalue weighted by Gasteiger charge is -2.18. The summed E-state index contributed by atoms with van der Waals surface area (Å²) in [5.74, 6) is 1.21. The Morgan fingerprint density at radius 1 is 1.11 bits per heavy atom. The number of aryl methyl sites for hydroxylation is 2. The topological polar surface area (TPSA) is 92.3 Å². The number of hydrogen-bond acceptors (Lipinski definition) is 7. The van der Waals surface area contributed by atoms with Gasteiger partial charge in [0.1, 0.15) is 23.5 Å². The van der Waals surface area contributed by atoms with Gasteiger partial charge in [-0.05, 0) is 77.3 Å². The molecule has 0 aliphatic rings. The van der Waals surface area contributed by atoms with E-state index in [1.54, 1.807) is 24.3 Å². The largest absolute Gasteiger partial charge is 0.493 e. The molecule has 0 unspecified atom stereocenters. The number of nitrogens with zero attached hydrogens (tertiary/aromatic N) is 4. The second-order valence-corrected chi connectivity index (χ2v) is 10.3. The fourth-order valence-corrected chi connectivity index (χ4v) is 5.41. The fraction of sp³-hybridized carbons (Fsp3) is 0.231. The summed E-state index contributed by atoms with van der Waals surface area (Å²) >= 11 is 4.79. The summed E-state index contributed by atoms with van der Waals surface area (Å²) in [7, 11) is 1.50. The van der Waals surface area contributed by atoms with Gasteiger partial charge in [-0.1, -0.05) is 41.6 Å². The van der Waals surface area contributed by atoms with Crippen LogP contribution in [0.3, 0.4) is 0 Å². The molecule has 0 amide bonds. The summed E-state index contributed by atoms with van der Waals surface area (Å²) in [6.07, 6.45) is 0. The second kappa shape index (κ2) is 11.7. The molecule has 0 spiro atoms. The zero-order valence-corrected chi connectivity index (χ0v) is 22.8. The zero-order chi connectivity index (χ0) is 26.5. The molecule has 4 aromatic rings. The molecule has 0 fully saturated rings. The number of ether oxygens (including phenoxy) is 2. The molecule has 0 bridgehead atoms. The van der Waals surface area contributed by atoms with Crippen molar-refractivity contribution in [1.29, 1.82) is 0 Å². The summed E-state index contributed by atoms with van der Waals surface area (Å²) in [6.45, 7) is 3.70. The van der Waals surface area contributed by atoms with E-state index in [4.69, 9.17) is 9.47 Å². The Bertz CT molecular complexity index is 1400. The predicted octanol–water partition coefficient (Wildman–Crippen LogP) is 6.48. The minimum absolute atomic E-state index is 0.195. The highest BCUT2D eigenvalue weighted by atomic mass is 79.9. The Morgan fingerprint density at radius 3 is 2.46 bits per heavy atom. The fourth-order valence-electron chi connectivity index (χ4n) is 3.69. The van der Waals surface area contributed by atoms with Crippen LogP contribution in [0.15, 0.2) is 70.3 Å². The molecule has 1 heterocycles. The summed E-state index contributed by atoms with van der Waals surface area (Å²) in [5.41, 5.74) is 3.44. The molecule has 11 heteroatoms. The van der Waals surface area contributed by atoms with Crippen LogP contribution in [0.25, 0.3) is 5.69 Å². The van der Waals surface area contributed by atoms with Crippen molar-refractivity contribution in [3.8, 4) is 17.2 Å². The molecular formula is C26H24BrFN4O4S. The Hall–Kier alpha value is -3.44. The van der Waals surface area contributed by atoms with Crippen LogP contribution in [0, 0.1) is 29.8 Å². The number of nitro groups is 1. The third-order valence-corrected chi connectivity index (χ3v) is 7.34. The van der Waals surface area contributed by atoms with Gasteiger partial charge < -0.3 is 9.47 Å². The Labute approximate surface area is 226 Å². The highest BCUT2D eigenvalue weighted by Crippen LogP contribution is 2.43. The van der Waals surface area contributed by atoms with Crippen LogP contribution in [0.2, 0.25) is 0 Å². The van der Waals surface area contributed by atoms with Crippen molar-refractivity contribution < 1.29 is 18.8 Å². The summed E-state index contributed by atoms with van der Waals surface area (Å²) in [6, 6.07) is 17.4. The van der Waals surface area contributed by atoms with Gasteiger partial charge in [0.05, 0.1) is 11.6 Å². The minimum Gasteiger partial charge on any atom is -0.493 e. The van der Waals surface area contributed by atoms with E-state index in [0.717, 1.165) is 16.8 Å². The molecule has 0 saturated carbocycles. The van der Waals surface area contributed by atoms with Gasteiger partial charge in [-0.15, -0.1) is 10.2 Å². The molecule has 0 saturated heterocycles. The van der Waals surface area contributed by atoms with Gasteiger partial charge in [0.15, 0.2) is 16.7 Å². The van der Waals surface area contributed by atoms with Crippen LogP contribution in [0.4, 0.5) is 4.39 Å². The molecule has 4 rings (SSSR count). The standard InChI is InChI=1S/C26H24BrFN4O4S/c1-16-4-10-21(11-5-16)32-17(2)29-30-26(32)37-24(14-31(33)34)19-12-22(27)25(23(13-19)35-3)36-15-18-6-8-20(28)9-7-18/h4-13,24H,14-15H2,1-3H3/t24-/m0/s1. The van der Waals surface area contributed by atoms with Crippen molar-refractivity contribution in [2.24, 2.45) is 0 Å². The molecule has 0 radical (unpaired) electrons. The van der Waals surface area contributed by atoms with Crippen LogP contribution < -0.4 is 9.47 Å². The maximum Gasteiger partial charge on any atom is 0.220 e. The summed E-state index contributed by atoms with van der Waals surface area (Å²) < 4.78 is 27.2. The van der Waals surface area contributed by atoms with E-state index in [9.17, 15) is 14.5 Å². The normalized spacial score (nSPS) is 11.8. The first kappa shape index (κ1) is 26.6. The SMILES string of the molecule is COc1cc([C@H](C[N+](=O)[O-])Sc2nnc(C)n2-c2ccc(C)cc2)cc(Br)c1OCc1ccc(F)cc1. The van der Waals surface area contributed by atoms with E-state index in [1.165, 1.54) is 31.0 Å². The number of aromatic nitrogens is 3. The maximum absolute atomic E-state index is 13.2. The molecule has 0 aliphatic carbocycles. The molecule has 8 nitrogen and oxygen atoms in total. The van der Waals surface area contributed by atoms with Crippen molar-refractivity contribution in [2.75, 3.05) is 13.7 Å². The lowest BCUT2D eigenvalue weighted by atomic mass is 10.1. The highest BCUT2D eigenvalue weighted by molar-refractivity contribution is 9.10. The highest BCUT2D eigenvalue weighted by Gasteiger charge is 2.26. The molecule has 3 aromatic carbocycles. The van der Waals surface area contributed by atoms with Crippen LogP contribution in [0.1, 0.15) is 27.8 Å². The Balaban J connectivity index is 1.64. The average molecular weight is 587 g/mol. The van der Waals surface area contributed by atoms with Gasteiger partial charge in [-0.3, -0.25) is 14.7 Å².